The van der Waals surface area contributed by atoms with E-state index in [-0.39, 0.29) is 5.56 Å². The summed E-state index contributed by atoms with van der Waals surface area (Å²) in [7, 11) is 0. The molecule has 0 aromatic carbocycles. The lowest BCUT2D eigenvalue weighted by molar-refractivity contribution is 0.901. The topological polar surface area (TPSA) is 73.6 Å². The fourth-order valence-electron chi connectivity index (χ4n) is 1.72. The fraction of sp³-hybridized carbons (Fsp3) is 0. The van der Waals surface area contributed by atoms with Gasteiger partial charge in [0.05, 0.1) is 0 Å². The zero-order valence-electron chi connectivity index (χ0n) is 9.84. The molecule has 3 aromatic rings. The second-order valence-electron chi connectivity index (χ2n) is 3.72. The highest BCUT2D eigenvalue weighted by atomic mass is 16.1. The molecule has 0 atom stereocenters. The molecule has 6 heteroatoms. The van der Waals surface area contributed by atoms with E-state index < -0.39 is 0 Å². The minimum absolute atomic E-state index is 0.206. The van der Waals surface area contributed by atoms with Gasteiger partial charge in [-0.05, 0) is 18.2 Å². The van der Waals surface area contributed by atoms with Gasteiger partial charge in [-0.1, -0.05) is 6.07 Å². The minimum atomic E-state index is -0.206. The molecule has 0 unspecified atom stereocenters. The molecule has 6 nitrogen and oxygen atoms in total. The van der Waals surface area contributed by atoms with Crippen molar-refractivity contribution in [2.45, 2.75) is 0 Å². The predicted molar refractivity (Wildman–Crippen MR) is 68.7 cm³/mol. The molecule has 0 spiro atoms. The molecule has 3 aromatic heterocycles. The number of hydrogen-bond donors (Lipinski definition) is 0. The van der Waals surface area contributed by atoms with Crippen molar-refractivity contribution in [3.05, 3.63) is 65.6 Å². The molecule has 0 aliphatic carbocycles. The molecule has 0 aliphatic rings. The lowest BCUT2D eigenvalue weighted by Gasteiger charge is -2.09. The van der Waals surface area contributed by atoms with Crippen molar-refractivity contribution < 1.29 is 0 Å². The summed E-state index contributed by atoms with van der Waals surface area (Å²) in [6.07, 6.45) is 6.10. The van der Waals surface area contributed by atoms with Crippen LogP contribution in [0.25, 0.3) is 17.3 Å². The smallest absolute Gasteiger partial charge is 0.259 e. The van der Waals surface area contributed by atoms with Gasteiger partial charge >= 0.3 is 0 Å². The van der Waals surface area contributed by atoms with Crippen LogP contribution < -0.4 is 5.56 Å². The van der Waals surface area contributed by atoms with Crippen LogP contribution in [0.5, 0.6) is 0 Å². The van der Waals surface area contributed by atoms with Gasteiger partial charge in [0.15, 0.2) is 5.82 Å². The van der Waals surface area contributed by atoms with Crippen molar-refractivity contribution in [3.8, 4) is 17.3 Å². The first-order valence-electron chi connectivity index (χ1n) is 5.62. The van der Waals surface area contributed by atoms with E-state index in [1.54, 1.807) is 30.6 Å². The van der Waals surface area contributed by atoms with Gasteiger partial charge in [0.2, 0.25) is 0 Å². The van der Waals surface area contributed by atoms with Crippen molar-refractivity contribution in [3.63, 3.8) is 0 Å². The van der Waals surface area contributed by atoms with E-state index in [1.165, 1.54) is 23.2 Å². The lowest BCUT2D eigenvalue weighted by Crippen LogP contribution is -2.21. The maximum Gasteiger partial charge on any atom is 0.259 e. The number of aromatic nitrogens is 5. The molecule has 3 rings (SSSR count). The van der Waals surface area contributed by atoms with Crippen LogP contribution in [0.2, 0.25) is 0 Å². The molecular formula is C13H9N5O. The van der Waals surface area contributed by atoms with E-state index in [2.05, 4.69) is 19.9 Å². The van der Waals surface area contributed by atoms with E-state index in [1.807, 2.05) is 6.07 Å². The Bertz CT molecular complexity index is 740. The molecule has 0 radical (unpaired) electrons. The largest absolute Gasteiger partial charge is 0.269 e. The highest BCUT2D eigenvalue weighted by molar-refractivity contribution is 5.51. The first kappa shape index (κ1) is 11.2. The molecule has 92 valence electrons. The predicted octanol–water partition coefficient (Wildman–Crippen LogP) is 1.08. The van der Waals surface area contributed by atoms with E-state index in [0.29, 0.717) is 17.3 Å². The van der Waals surface area contributed by atoms with Crippen LogP contribution in [0.3, 0.4) is 0 Å². The summed E-state index contributed by atoms with van der Waals surface area (Å²) in [5.41, 5.74) is 0.362. The zero-order valence-corrected chi connectivity index (χ0v) is 9.84. The van der Waals surface area contributed by atoms with Gasteiger partial charge < -0.3 is 0 Å². The third-order valence-corrected chi connectivity index (χ3v) is 2.54. The molecular weight excluding hydrogens is 242 g/mol. The molecule has 3 heterocycles. The quantitative estimate of drug-likeness (QED) is 0.681. The second-order valence-corrected chi connectivity index (χ2v) is 3.72. The van der Waals surface area contributed by atoms with E-state index in [4.69, 9.17) is 0 Å². The van der Waals surface area contributed by atoms with Crippen LogP contribution in [0.4, 0.5) is 0 Å². The Labute approximate surface area is 108 Å². The third-order valence-electron chi connectivity index (χ3n) is 2.54. The van der Waals surface area contributed by atoms with Gasteiger partial charge in [-0.3, -0.25) is 4.79 Å². The molecule has 0 aliphatic heterocycles. The summed E-state index contributed by atoms with van der Waals surface area (Å²) in [5.74, 6) is 0.947. The molecule has 0 N–H and O–H groups in total. The van der Waals surface area contributed by atoms with Crippen molar-refractivity contribution in [1.82, 2.24) is 24.5 Å². The van der Waals surface area contributed by atoms with Crippen LogP contribution in [0.1, 0.15) is 0 Å². The van der Waals surface area contributed by atoms with Crippen molar-refractivity contribution >= 4 is 0 Å². The van der Waals surface area contributed by atoms with Gasteiger partial charge in [0.1, 0.15) is 17.8 Å². The van der Waals surface area contributed by atoms with Crippen LogP contribution in [-0.4, -0.2) is 24.5 Å². The van der Waals surface area contributed by atoms with Gasteiger partial charge in [0, 0.05) is 24.7 Å². The van der Waals surface area contributed by atoms with Gasteiger partial charge in [-0.25, -0.2) is 24.5 Å². The number of pyridine rings is 1. The lowest BCUT2D eigenvalue weighted by atomic mass is 10.3. The first-order valence-corrected chi connectivity index (χ1v) is 5.62. The molecule has 0 saturated carbocycles. The molecule has 0 saturated heterocycles. The van der Waals surface area contributed by atoms with Gasteiger partial charge in [-0.2, -0.15) is 0 Å². The average molecular weight is 251 g/mol. The van der Waals surface area contributed by atoms with Crippen LogP contribution in [-0.2, 0) is 0 Å². The Balaban J connectivity index is 2.28. The summed E-state index contributed by atoms with van der Waals surface area (Å²) < 4.78 is 1.42. The summed E-state index contributed by atoms with van der Waals surface area (Å²) in [6.45, 7) is 0. The highest BCUT2D eigenvalue weighted by Crippen LogP contribution is 2.13. The van der Waals surface area contributed by atoms with Crippen molar-refractivity contribution in [2.24, 2.45) is 0 Å². The molecule has 19 heavy (non-hydrogen) atoms. The molecule has 0 amide bonds. The third kappa shape index (κ3) is 2.11. The Kier molecular flexibility index (Phi) is 2.82. The standard InChI is InChI=1S/C13H9N5O/c19-12-5-8-16-13(10-4-7-14-9-17-10)18(12)11-3-1-2-6-15-11/h1-9H. The second kappa shape index (κ2) is 4.77. The Morgan fingerprint density at radius 3 is 2.58 bits per heavy atom. The number of rotatable bonds is 2. The summed E-state index contributed by atoms with van der Waals surface area (Å²) >= 11 is 0. The Morgan fingerprint density at radius 2 is 1.84 bits per heavy atom. The highest BCUT2D eigenvalue weighted by Gasteiger charge is 2.11. The van der Waals surface area contributed by atoms with E-state index in [9.17, 15) is 4.79 Å². The monoisotopic (exact) mass is 251 g/mol. The van der Waals surface area contributed by atoms with Crippen LogP contribution >= 0.6 is 0 Å². The van der Waals surface area contributed by atoms with E-state index >= 15 is 0 Å². The molecule has 0 fully saturated rings. The molecule has 0 bridgehead atoms. The van der Waals surface area contributed by atoms with Crippen LogP contribution in [0, 0.1) is 0 Å². The first-order chi connectivity index (χ1) is 9.36. The van der Waals surface area contributed by atoms with Gasteiger partial charge in [0.25, 0.3) is 5.56 Å². The minimum Gasteiger partial charge on any atom is -0.269 e. The Hall–Kier alpha value is -2.89. The Morgan fingerprint density at radius 1 is 0.895 bits per heavy atom. The normalized spacial score (nSPS) is 10.3. The number of hydrogen-bond acceptors (Lipinski definition) is 5. The zero-order chi connectivity index (χ0) is 13.1. The van der Waals surface area contributed by atoms with E-state index in [0.717, 1.165) is 0 Å². The van der Waals surface area contributed by atoms with Crippen LogP contribution in [0.15, 0.2) is 60.0 Å². The SMILES string of the molecule is O=c1ccnc(-c2ccncn2)n1-c1ccccn1. The maximum atomic E-state index is 12.1. The van der Waals surface area contributed by atoms with Crippen molar-refractivity contribution in [1.29, 1.82) is 0 Å². The average Bonchev–Trinajstić information content (AvgIpc) is 2.49. The fourth-order valence-corrected chi connectivity index (χ4v) is 1.72. The van der Waals surface area contributed by atoms with Gasteiger partial charge in [-0.15, -0.1) is 0 Å². The maximum absolute atomic E-state index is 12.1. The number of nitrogens with zero attached hydrogens (tertiary/aromatic N) is 5. The summed E-state index contributed by atoms with van der Waals surface area (Å²) in [6, 6.07) is 8.43. The summed E-state index contributed by atoms with van der Waals surface area (Å²) in [5, 5.41) is 0. The van der Waals surface area contributed by atoms with Crippen molar-refractivity contribution in [2.75, 3.05) is 0 Å². The summed E-state index contributed by atoms with van der Waals surface area (Å²) in [4.78, 5) is 28.4.